The van der Waals surface area contributed by atoms with Crippen LogP contribution >= 0.6 is 0 Å². The highest BCUT2D eigenvalue weighted by molar-refractivity contribution is 6.17. The van der Waals surface area contributed by atoms with Gasteiger partial charge in [0.1, 0.15) is 22.3 Å². The van der Waals surface area contributed by atoms with E-state index >= 15 is 0 Å². The lowest BCUT2D eigenvalue weighted by Gasteiger charge is -2.27. The summed E-state index contributed by atoms with van der Waals surface area (Å²) in [6.07, 6.45) is 0. The van der Waals surface area contributed by atoms with Crippen LogP contribution in [-0.2, 0) is 5.41 Å². The molecule has 0 spiro atoms. The first kappa shape index (κ1) is 32.4. The quantitative estimate of drug-likeness (QED) is 0.177. The van der Waals surface area contributed by atoms with Gasteiger partial charge in [0.2, 0.25) is 0 Å². The molecule has 0 N–H and O–H groups in total. The van der Waals surface area contributed by atoms with Crippen LogP contribution in [0.3, 0.4) is 0 Å². The molecule has 3 aromatic heterocycles. The first-order valence-electron chi connectivity index (χ1n) is 19.3. The molecule has 0 saturated carbocycles. The second-order valence-corrected chi connectivity index (χ2v) is 15.7. The van der Waals surface area contributed by atoms with Gasteiger partial charge in [-0.3, -0.25) is 0 Å². The summed E-state index contributed by atoms with van der Waals surface area (Å²) in [6.45, 7) is 6.90. The lowest BCUT2D eigenvalue weighted by Crippen LogP contribution is -2.15. The molecule has 0 radical (unpaired) electrons. The molecule has 56 heavy (non-hydrogen) atoms. The maximum atomic E-state index is 6.54. The first-order chi connectivity index (χ1) is 27.4. The highest BCUT2D eigenvalue weighted by atomic mass is 16.3. The molecule has 0 aliphatic carbocycles. The predicted octanol–water partition coefficient (Wildman–Crippen LogP) is 15.0. The summed E-state index contributed by atoms with van der Waals surface area (Å²) in [5.41, 5.74) is 13.6. The number of para-hydroxylation sites is 3. The van der Waals surface area contributed by atoms with Crippen molar-refractivity contribution in [3.05, 3.63) is 181 Å². The highest BCUT2D eigenvalue weighted by Crippen LogP contribution is 2.47. The highest BCUT2D eigenvalue weighted by Gasteiger charge is 2.27. The van der Waals surface area contributed by atoms with Crippen LogP contribution in [0.2, 0.25) is 0 Å². The summed E-state index contributed by atoms with van der Waals surface area (Å²) in [4.78, 5) is 2.39. The van der Waals surface area contributed by atoms with E-state index in [9.17, 15) is 0 Å². The molecular weight excluding hydrogens is 685 g/mol. The zero-order valence-corrected chi connectivity index (χ0v) is 31.5. The van der Waals surface area contributed by atoms with E-state index in [-0.39, 0.29) is 5.41 Å². The average molecular weight is 723 g/mol. The maximum absolute atomic E-state index is 6.54. The van der Waals surface area contributed by atoms with Gasteiger partial charge in [-0.05, 0) is 82.8 Å². The van der Waals surface area contributed by atoms with Gasteiger partial charge in [0.25, 0.3) is 0 Å². The van der Waals surface area contributed by atoms with Crippen LogP contribution in [0.1, 0.15) is 26.3 Å². The topological polar surface area (TPSA) is 34.5 Å². The van der Waals surface area contributed by atoms with E-state index in [1.165, 1.54) is 27.5 Å². The molecule has 3 heterocycles. The number of hydrogen-bond acceptors (Lipinski definition) is 3. The minimum atomic E-state index is -0.151. The van der Waals surface area contributed by atoms with Crippen LogP contribution in [0.25, 0.3) is 82.5 Å². The van der Waals surface area contributed by atoms with Crippen LogP contribution in [0.15, 0.2) is 185 Å². The van der Waals surface area contributed by atoms with Gasteiger partial charge in [0.15, 0.2) is 0 Å². The molecular formula is C52H38N2O2. The molecule has 11 aromatic rings. The molecule has 11 rings (SSSR count). The zero-order valence-electron chi connectivity index (χ0n) is 31.5. The molecule has 0 atom stereocenters. The second kappa shape index (κ2) is 12.2. The summed E-state index contributed by atoms with van der Waals surface area (Å²) in [5.74, 6) is 0. The van der Waals surface area contributed by atoms with Crippen molar-refractivity contribution in [2.24, 2.45) is 0 Å². The Hall–Kier alpha value is -7.04. The van der Waals surface area contributed by atoms with E-state index in [4.69, 9.17) is 8.83 Å². The van der Waals surface area contributed by atoms with E-state index in [0.717, 1.165) is 77.7 Å². The van der Waals surface area contributed by atoms with Gasteiger partial charge in [-0.2, -0.15) is 0 Å². The third-order valence-corrected chi connectivity index (χ3v) is 11.3. The van der Waals surface area contributed by atoms with Crippen molar-refractivity contribution in [1.29, 1.82) is 0 Å². The Bertz CT molecular complexity index is 3280. The Labute approximate surface area is 324 Å². The van der Waals surface area contributed by atoms with Crippen molar-refractivity contribution in [2.75, 3.05) is 4.90 Å². The number of rotatable bonds is 5. The van der Waals surface area contributed by atoms with Crippen molar-refractivity contribution in [3.63, 3.8) is 0 Å². The number of furan rings is 2. The molecule has 0 aliphatic rings. The molecule has 0 aliphatic heterocycles. The van der Waals surface area contributed by atoms with Gasteiger partial charge in [0.05, 0.1) is 33.2 Å². The van der Waals surface area contributed by atoms with E-state index in [1.807, 2.05) is 12.1 Å². The van der Waals surface area contributed by atoms with Gasteiger partial charge in [-0.25, -0.2) is 0 Å². The molecule has 0 amide bonds. The average Bonchev–Trinajstić information content (AvgIpc) is 3.91. The number of hydrogen-bond donors (Lipinski definition) is 0. The number of nitrogens with zero attached hydrogens (tertiary/aromatic N) is 2. The summed E-state index contributed by atoms with van der Waals surface area (Å²) < 4.78 is 15.5. The van der Waals surface area contributed by atoms with Crippen LogP contribution < -0.4 is 4.90 Å². The van der Waals surface area contributed by atoms with Gasteiger partial charge in [0, 0.05) is 32.9 Å². The predicted molar refractivity (Wildman–Crippen MR) is 234 cm³/mol. The summed E-state index contributed by atoms with van der Waals surface area (Å²) in [7, 11) is 0. The molecule has 8 aromatic carbocycles. The summed E-state index contributed by atoms with van der Waals surface area (Å²) >= 11 is 0. The molecule has 4 nitrogen and oxygen atoms in total. The minimum Gasteiger partial charge on any atom is -0.456 e. The minimum absolute atomic E-state index is 0.151. The normalized spacial score (nSPS) is 12.2. The Balaban J connectivity index is 1.23. The van der Waals surface area contributed by atoms with Gasteiger partial charge in [-0.1, -0.05) is 136 Å². The van der Waals surface area contributed by atoms with Gasteiger partial charge < -0.3 is 18.3 Å². The Morgan fingerprint density at radius 3 is 1.73 bits per heavy atom. The van der Waals surface area contributed by atoms with E-state index in [0.29, 0.717) is 0 Å². The standard InChI is InChI=1S/C52H38N2O2/c1-52(2,3)41-30-31-48-50(40-18-9-12-22-46(40)56-48)51(41)54-42-19-10-7-16-37(42)38-29-28-36(32-44(38)54)53(35-26-24-34(25-27-35)33-14-5-4-6-15-33)43-20-13-23-47-49(43)39-17-8-11-21-45(39)55-47/h4-32H,1-3H3. The van der Waals surface area contributed by atoms with E-state index in [2.05, 4.69) is 194 Å². The third-order valence-electron chi connectivity index (χ3n) is 11.3. The molecule has 0 fully saturated rings. The van der Waals surface area contributed by atoms with E-state index < -0.39 is 0 Å². The van der Waals surface area contributed by atoms with E-state index in [1.54, 1.807) is 0 Å². The molecule has 0 bridgehead atoms. The number of aromatic nitrogens is 1. The van der Waals surface area contributed by atoms with Crippen LogP contribution in [0.5, 0.6) is 0 Å². The Morgan fingerprint density at radius 1 is 0.429 bits per heavy atom. The monoisotopic (exact) mass is 722 g/mol. The lowest BCUT2D eigenvalue weighted by molar-refractivity contribution is 0.588. The van der Waals surface area contributed by atoms with Crippen molar-refractivity contribution in [3.8, 4) is 16.8 Å². The molecule has 0 saturated heterocycles. The summed E-state index contributed by atoms with van der Waals surface area (Å²) in [5, 5.41) is 6.82. The fraction of sp³-hybridized carbons (Fsp3) is 0.0769. The van der Waals surface area contributed by atoms with Crippen LogP contribution in [0.4, 0.5) is 17.1 Å². The Morgan fingerprint density at radius 2 is 1.00 bits per heavy atom. The van der Waals surface area contributed by atoms with Crippen molar-refractivity contribution >= 4 is 82.7 Å². The van der Waals surface area contributed by atoms with Crippen molar-refractivity contribution < 1.29 is 8.83 Å². The number of anilines is 3. The van der Waals surface area contributed by atoms with Crippen LogP contribution in [-0.4, -0.2) is 4.57 Å². The van der Waals surface area contributed by atoms with Crippen LogP contribution in [0, 0.1) is 0 Å². The van der Waals surface area contributed by atoms with Gasteiger partial charge >= 0.3 is 0 Å². The smallest absolute Gasteiger partial charge is 0.137 e. The molecule has 0 unspecified atom stereocenters. The Kier molecular flexibility index (Phi) is 7.08. The lowest BCUT2D eigenvalue weighted by atomic mass is 9.84. The largest absolute Gasteiger partial charge is 0.456 e. The maximum Gasteiger partial charge on any atom is 0.137 e. The van der Waals surface area contributed by atoms with Crippen molar-refractivity contribution in [2.45, 2.75) is 26.2 Å². The summed E-state index contributed by atoms with van der Waals surface area (Å²) in [6, 6.07) is 62.7. The fourth-order valence-electron chi connectivity index (χ4n) is 8.78. The van der Waals surface area contributed by atoms with Gasteiger partial charge in [-0.15, -0.1) is 0 Å². The molecule has 4 heteroatoms. The third kappa shape index (κ3) is 4.92. The number of fused-ring (bicyclic) bond motifs is 9. The second-order valence-electron chi connectivity index (χ2n) is 15.7. The number of benzene rings is 8. The zero-order chi connectivity index (χ0) is 37.5. The molecule has 268 valence electrons. The fourth-order valence-corrected chi connectivity index (χ4v) is 8.78. The first-order valence-corrected chi connectivity index (χ1v) is 19.3. The SMILES string of the molecule is CC(C)(C)c1ccc2oc3ccccc3c2c1-n1c2ccccc2c2ccc(N(c3ccc(-c4ccccc4)cc3)c3cccc4oc5ccccc5c34)cc21. The van der Waals surface area contributed by atoms with Crippen molar-refractivity contribution in [1.82, 2.24) is 4.57 Å².